The van der Waals surface area contributed by atoms with Gasteiger partial charge < -0.3 is 9.64 Å². The molecule has 1 amide bonds. The molecule has 1 aromatic heterocycles. The van der Waals surface area contributed by atoms with Crippen molar-refractivity contribution < 1.29 is 9.53 Å². The van der Waals surface area contributed by atoms with E-state index < -0.39 is 0 Å². The lowest BCUT2D eigenvalue weighted by Crippen LogP contribution is -2.56. The maximum absolute atomic E-state index is 13.4. The summed E-state index contributed by atoms with van der Waals surface area (Å²) < 4.78 is 5.57. The van der Waals surface area contributed by atoms with E-state index in [4.69, 9.17) is 16.3 Å². The van der Waals surface area contributed by atoms with Crippen LogP contribution in [0, 0.1) is 0 Å². The van der Waals surface area contributed by atoms with E-state index in [0.29, 0.717) is 31.2 Å². The van der Waals surface area contributed by atoms with Gasteiger partial charge in [-0.3, -0.25) is 9.78 Å². The van der Waals surface area contributed by atoms with Crippen molar-refractivity contribution in [3.63, 3.8) is 0 Å². The van der Waals surface area contributed by atoms with Crippen LogP contribution in [0.1, 0.15) is 30.9 Å². The lowest BCUT2D eigenvalue weighted by Gasteiger charge is -2.43. The number of carbonyl (C=O) groups excluding carboxylic acids is 1. The number of hydrogen-bond donors (Lipinski definition) is 0. The topological polar surface area (TPSA) is 42.4 Å². The van der Waals surface area contributed by atoms with Crippen LogP contribution >= 0.6 is 11.6 Å². The number of benzene rings is 1. The molecular formula is C20H23ClN2O2. The largest absolute Gasteiger partial charge is 0.377 e. The molecule has 0 radical (unpaired) electrons. The fraction of sp³-hybridized carbons (Fsp3) is 0.400. The zero-order chi connectivity index (χ0) is 17.9. The predicted molar refractivity (Wildman–Crippen MR) is 98.7 cm³/mol. The Bertz CT molecular complexity index is 716. The maximum Gasteiger partial charge on any atom is 0.231 e. The minimum Gasteiger partial charge on any atom is -0.377 e. The molecule has 1 unspecified atom stereocenters. The molecule has 1 fully saturated rings. The summed E-state index contributed by atoms with van der Waals surface area (Å²) in [7, 11) is 0. The Labute approximate surface area is 153 Å². The molecule has 3 rings (SSSR count). The van der Waals surface area contributed by atoms with Crippen molar-refractivity contribution in [1.29, 1.82) is 0 Å². The van der Waals surface area contributed by atoms with Gasteiger partial charge in [-0.15, -0.1) is 0 Å². The Morgan fingerprint density at radius 3 is 2.56 bits per heavy atom. The van der Waals surface area contributed by atoms with Gasteiger partial charge in [0.05, 0.1) is 24.7 Å². The minimum atomic E-state index is -0.307. The first-order valence-electron chi connectivity index (χ1n) is 8.51. The van der Waals surface area contributed by atoms with Crippen LogP contribution in [0.2, 0.25) is 5.02 Å². The fourth-order valence-corrected chi connectivity index (χ4v) is 3.38. The SMILES string of the molecule is CC1(C)COCCN1C(=O)C(Cc1ccncc1)c1ccc(Cl)cc1. The second kappa shape index (κ2) is 7.54. The Kier molecular flexibility index (Phi) is 5.40. The zero-order valence-electron chi connectivity index (χ0n) is 14.6. The van der Waals surface area contributed by atoms with E-state index in [9.17, 15) is 4.79 Å². The van der Waals surface area contributed by atoms with Crippen molar-refractivity contribution in [2.24, 2.45) is 0 Å². The lowest BCUT2D eigenvalue weighted by molar-refractivity contribution is -0.148. The van der Waals surface area contributed by atoms with Gasteiger partial charge in [-0.05, 0) is 55.7 Å². The summed E-state index contributed by atoms with van der Waals surface area (Å²) in [6.45, 7) is 5.86. The van der Waals surface area contributed by atoms with Crippen LogP contribution in [0.5, 0.6) is 0 Å². The molecule has 1 aliphatic heterocycles. The van der Waals surface area contributed by atoms with E-state index >= 15 is 0 Å². The summed E-state index contributed by atoms with van der Waals surface area (Å²) in [5, 5.41) is 0.672. The second-order valence-electron chi connectivity index (χ2n) is 7.02. The minimum absolute atomic E-state index is 0.132. The van der Waals surface area contributed by atoms with E-state index in [1.54, 1.807) is 12.4 Å². The number of nitrogens with zero attached hydrogens (tertiary/aromatic N) is 2. The van der Waals surface area contributed by atoms with E-state index in [1.807, 2.05) is 41.3 Å². The lowest BCUT2D eigenvalue weighted by atomic mass is 9.89. The van der Waals surface area contributed by atoms with Crippen molar-refractivity contribution in [2.45, 2.75) is 31.7 Å². The quantitative estimate of drug-likeness (QED) is 0.837. The Hall–Kier alpha value is -1.91. The van der Waals surface area contributed by atoms with Gasteiger partial charge in [-0.1, -0.05) is 23.7 Å². The van der Waals surface area contributed by atoms with Gasteiger partial charge in [0, 0.05) is 24.0 Å². The molecule has 4 nitrogen and oxygen atoms in total. The van der Waals surface area contributed by atoms with E-state index in [0.717, 1.165) is 11.1 Å². The maximum atomic E-state index is 13.4. The molecule has 132 valence electrons. The van der Waals surface area contributed by atoms with Crippen molar-refractivity contribution in [3.8, 4) is 0 Å². The van der Waals surface area contributed by atoms with Gasteiger partial charge in [-0.2, -0.15) is 0 Å². The standard InChI is InChI=1S/C20H23ClN2O2/c1-20(2)14-25-12-11-23(20)19(24)18(13-15-7-9-22-10-8-15)16-3-5-17(21)6-4-16/h3-10,18H,11-14H2,1-2H3. The molecule has 1 saturated heterocycles. The van der Waals surface area contributed by atoms with Crippen molar-refractivity contribution in [3.05, 3.63) is 64.9 Å². The van der Waals surface area contributed by atoms with E-state index in [-0.39, 0.29) is 17.4 Å². The van der Waals surface area contributed by atoms with Crippen LogP contribution in [0.15, 0.2) is 48.8 Å². The van der Waals surface area contributed by atoms with Crippen LogP contribution in [-0.2, 0) is 16.0 Å². The Morgan fingerprint density at radius 1 is 1.24 bits per heavy atom. The molecule has 25 heavy (non-hydrogen) atoms. The molecule has 0 N–H and O–H groups in total. The average molecular weight is 359 g/mol. The van der Waals surface area contributed by atoms with Crippen LogP contribution in [-0.4, -0.2) is 41.1 Å². The fourth-order valence-electron chi connectivity index (χ4n) is 3.25. The van der Waals surface area contributed by atoms with Gasteiger partial charge in [0.2, 0.25) is 5.91 Å². The van der Waals surface area contributed by atoms with E-state index in [2.05, 4.69) is 18.8 Å². The highest BCUT2D eigenvalue weighted by molar-refractivity contribution is 6.30. The predicted octanol–water partition coefficient (Wildman–Crippen LogP) is 3.70. The summed E-state index contributed by atoms with van der Waals surface area (Å²) in [5.41, 5.74) is 1.76. The normalized spacial score (nSPS) is 18.0. The number of ether oxygens (including phenoxy) is 1. The number of aromatic nitrogens is 1. The molecule has 5 heteroatoms. The summed E-state index contributed by atoms with van der Waals surface area (Å²) >= 11 is 6.03. The third-order valence-corrected chi connectivity index (χ3v) is 4.92. The Morgan fingerprint density at radius 2 is 1.92 bits per heavy atom. The summed E-state index contributed by atoms with van der Waals surface area (Å²) in [6.07, 6.45) is 4.16. The zero-order valence-corrected chi connectivity index (χ0v) is 15.4. The first-order valence-corrected chi connectivity index (χ1v) is 8.89. The monoisotopic (exact) mass is 358 g/mol. The van der Waals surface area contributed by atoms with Crippen LogP contribution in [0.4, 0.5) is 0 Å². The van der Waals surface area contributed by atoms with Crippen LogP contribution in [0.25, 0.3) is 0 Å². The molecule has 0 bridgehead atoms. The molecule has 2 heterocycles. The molecule has 0 saturated carbocycles. The number of hydrogen-bond acceptors (Lipinski definition) is 3. The summed E-state index contributed by atoms with van der Waals surface area (Å²) in [5.74, 6) is -0.121. The summed E-state index contributed by atoms with van der Waals surface area (Å²) in [6, 6.07) is 11.5. The van der Waals surface area contributed by atoms with Crippen molar-refractivity contribution in [2.75, 3.05) is 19.8 Å². The molecule has 1 atom stereocenters. The number of carbonyl (C=O) groups is 1. The van der Waals surface area contributed by atoms with Gasteiger partial charge in [0.25, 0.3) is 0 Å². The third kappa shape index (κ3) is 4.20. The van der Waals surface area contributed by atoms with Gasteiger partial charge in [0.1, 0.15) is 0 Å². The van der Waals surface area contributed by atoms with E-state index in [1.165, 1.54) is 0 Å². The van der Waals surface area contributed by atoms with Crippen molar-refractivity contribution in [1.82, 2.24) is 9.88 Å². The average Bonchev–Trinajstić information content (AvgIpc) is 2.61. The second-order valence-corrected chi connectivity index (χ2v) is 7.46. The molecule has 0 aliphatic carbocycles. The number of halogens is 1. The highest BCUT2D eigenvalue weighted by Crippen LogP contribution is 2.29. The summed E-state index contributed by atoms with van der Waals surface area (Å²) in [4.78, 5) is 19.4. The highest BCUT2D eigenvalue weighted by atomic mass is 35.5. The smallest absolute Gasteiger partial charge is 0.231 e. The number of rotatable bonds is 4. The molecule has 1 aliphatic rings. The third-order valence-electron chi connectivity index (χ3n) is 4.67. The van der Waals surface area contributed by atoms with Crippen LogP contribution < -0.4 is 0 Å². The molecule has 2 aromatic rings. The van der Waals surface area contributed by atoms with Gasteiger partial charge in [0.15, 0.2) is 0 Å². The Balaban J connectivity index is 1.92. The number of amides is 1. The van der Waals surface area contributed by atoms with Gasteiger partial charge in [-0.25, -0.2) is 0 Å². The molecule has 1 aromatic carbocycles. The van der Waals surface area contributed by atoms with Gasteiger partial charge >= 0.3 is 0 Å². The number of pyridine rings is 1. The molecule has 0 spiro atoms. The first kappa shape index (κ1) is 17.9. The van der Waals surface area contributed by atoms with Crippen LogP contribution in [0.3, 0.4) is 0 Å². The molecular weight excluding hydrogens is 336 g/mol. The first-order chi connectivity index (χ1) is 12.0. The highest BCUT2D eigenvalue weighted by Gasteiger charge is 2.37. The number of morpholine rings is 1. The van der Waals surface area contributed by atoms with Crippen molar-refractivity contribution >= 4 is 17.5 Å².